The van der Waals surface area contributed by atoms with E-state index in [1.54, 1.807) is 21.7 Å². The van der Waals surface area contributed by atoms with E-state index in [9.17, 15) is 4.79 Å². The number of aryl methyl sites for hydroxylation is 1. The van der Waals surface area contributed by atoms with Crippen molar-refractivity contribution in [1.29, 1.82) is 0 Å². The van der Waals surface area contributed by atoms with Crippen molar-refractivity contribution in [2.75, 3.05) is 18.8 Å². The topological polar surface area (TPSA) is 63.9 Å². The SMILES string of the molecule is C=CCN(CC=C)C(=O)CSc1nnnn1-c1ccc(C)cc1. The predicted octanol–water partition coefficient (Wildman–Crippen LogP) is 2.26. The van der Waals surface area contributed by atoms with Crippen LogP contribution in [0, 0.1) is 6.92 Å². The molecule has 0 radical (unpaired) electrons. The van der Waals surface area contributed by atoms with Crippen molar-refractivity contribution in [2.24, 2.45) is 0 Å². The van der Waals surface area contributed by atoms with Gasteiger partial charge in [-0.2, -0.15) is 4.68 Å². The van der Waals surface area contributed by atoms with Crippen LogP contribution in [0.2, 0.25) is 0 Å². The van der Waals surface area contributed by atoms with Gasteiger partial charge >= 0.3 is 0 Å². The third-order valence-electron chi connectivity index (χ3n) is 3.10. The van der Waals surface area contributed by atoms with Crippen molar-refractivity contribution >= 4 is 17.7 Å². The van der Waals surface area contributed by atoms with Gasteiger partial charge in [0.15, 0.2) is 0 Å². The molecule has 0 fully saturated rings. The van der Waals surface area contributed by atoms with Crippen molar-refractivity contribution in [3.63, 3.8) is 0 Å². The van der Waals surface area contributed by atoms with E-state index in [2.05, 4.69) is 28.7 Å². The lowest BCUT2D eigenvalue weighted by molar-refractivity contribution is -0.127. The molecule has 0 aliphatic heterocycles. The Kier molecular flexibility index (Phi) is 6.10. The molecule has 0 atom stereocenters. The Morgan fingerprint density at radius 3 is 2.52 bits per heavy atom. The third kappa shape index (κ3) is 4.53. The number of aromatic nitrogens is 4. The first-order valence-electron chi connectivity index (χ1n) is 7.13. The van der Waals surface area contributed by atoms with Crippen molar-refractivity contribution in [2.45, 2.75) is 12.1 Å². The van der Waals surface area contributed by atoms with Crippen LogP contribution in [0.25, 0.3) is 5.69 Å². The molecular weight excluding hydrogens is 310 g/mol. The summed E-state index contributed by atoms with van der Waals surface area (Å²) in [6.45, 7) is 10.3. The number of thioether (sulfide) groups is 1. The summed E-state index contributed by atoms with van der Waals surface area (Å²) < 4.78 is 1.63. The lowest BCUT2D eigenvalue weighted by Gasteiger charge is -2.18. The maximum atomic E-state index is 12.2. The van der Waals surface area contributed by atoms with E-state index in [-0.39, 0.29) is 11.7 Å². The van der Waals surface area contributed by atoms with Crippen LogP contribution in [0.1, 0.15) is 5.56 Å². The zero-order valence-corrected chi connectivity index (χ0v) is 13.9. The molecule has 0 unspecified atom stereocenters. The average molecular weight is 329 g/mol. The van der Waals surface area contributed by atoms with E-state index >= 15 is 0 Å². The number of benzene rings is 1. The molecule has 1 aromatic heterocycles. The highest BCUT2D eigenvalue weighted by Crippen LogP contribution is 2.19. The Balaban J connectivity index is 2.05. The van der Waals surface area contributed by atoms with Gasteiger partial charge in [-0.15, -0.1) is 18.3 Å². The summed E-state index contributed by atoms with van der Waals surface area (Å²) in [7, 11) is 0. The molecule has 1 amide bonds. The van der Waals surface area contributed by atoms with Gasteiger partial charge in [-0.3, -0.25) is 4.79 Å². The second kappa shape index (κ2) is 8.28. The average Bonchev–Trinajstić information content (AvgIpc) is 3.01. The van der Waals surface area contributed by atoms with Crippen LogP contribution in [-0.4, -0.2) is 49.9 Å². The number of carbonyl (C=O) groups is 1. The van der Waals surface area contributed by atoms with Crippen LogP contribution in [-0.2, 0) is 4.79 Å². The fraction of sp³-hybridized carbons (Fsp3) is 0.250. The molecular formula is C16H19N5OS. The summed E-state index contributed by atoms with van der Waals surface area (Å²) in [4.78, 5) is 13.9. The minimum Gasteiger partial charge on any atom is -0.335 e. The molecule has 7 heteroatoms. The van der Waals surface area contributed by atoms with Crippen LogP contribution in [0.4, 0.5) is 0 Å². The van der Waals surface area contributed by atoms with E-state index in [4.69, 9.17) is 0 Å². The zero-order chi connectivity index (χ0) is 16.7. The van der Waals surface area contributed by atoms with E-state index in [0.29, 0.717) is 18.2 Å². The number of rotatable bonds is 8. The van der Waals surface area contributed by atoms with Gasteiger partial charge in [-0.05, 0) is 29.5 Å². The number of nitrogens with zero attached hydrogens (tertiary/aromatic N) is 5. The quantitative estimate of drug-likeness (QED) is 0.549. The molecule has 0 bridgehead atoms. The lowest BCUT2D eigenvalue weighted by Crippen LogP contribution is -2.32. The molecule has 0 aliphatic carbocycles. The van der Waals surface area contributed by atoms with Gasteiger partial charge in [-0.1, -0.05) is 41.6 Å². The molecule has 2 rings (SSSR count). The van der Waals surface area contributed by atoms with Crippen LogP contribution in [0.3, 0.4) is 0 Å². The van der Waals surface area contributed by atoms with E-state index in [0.717, 1.165) is 11.3 Å². The summed E-state index contributed by atoms with van der Waals surface area (Å²) in [5.74, 6) is 0.252. The minimum absolute atomic E-state index is 0.00624. The molecule has 1 heterocycles. The number of carbonyl (C=O) groups excluding carboxylic acids is 1. The maximum absolute atomic E-state index is 12.2. The molecule has 6 nitrogen and oxygen atoms in total. The predicted molar refractivity (Wildman–Crippen MR) is 91.6 cm³/mol. The Hall–Kier alpha value is -2.41. The first kappa shape index (κ1) is 17.0. The lowest BCUT2D eigenvalue weighted by atomic mass is 10.2. The van der Waals surface area contributed by atoms with Gasteiger partial charge in [0.1, 0.15) is 0 Å². The minimum atomic E-state index is -0.00624. The fourth-order valence-corrected chi connectivity index (χ4v) is 2.72. The highest BCUT2D eigenvalue weighted by Gasteiger charge is 2.15. The Bertz CT molecular complexity index is 670. The monoisotopic (exact) mass is 329 g/mol. The molecule has 23 heavy (non-hydrogen) atoms. The second-order valence-corrected chi connectivity index (χ2v) is 5.82. The molecule has 0 saturated carbocycles. The van der Waals surface area contributed by atoms with Crippen molar-refractivity contribution < 1.29 is 4.79 Å². The summed E-state index contributed by atoms with van der Waals surface area (Å²) in [6.07, 6.45) is 3.39. The number of hydrogen-bond acceptors (Lipinski definition) is 5. The molecule has 0 N–H and O–H groups in total. The van der Waals surface area contributed by atoms with Crippen LogP contribution >= 0.6 is 11.8 Å². The highest BCUT2D eigenvalue weighted by atomic mass is 32.2. The fourth-order valence-electron chi connectivity index (χ4n) is 1.92. The molecule has 1 aromatic carbocycles. The van der Waals surface area contributed by atoms with Crippen LogP contribution in [0.15, 0.2) is 54.7 Å². The summed E-state index contributed by atoms with van der Waals surface area (Å²) >= 11 is 1.31. The number of amides is 1. The van der Waals surface area contributed by atoms with Crippen LogP contribution < -0.4 is 0 Å². The zero-order valence-electron chi connectivity index (χ0n) is 13.1. The summed E-state index contributed by atoms with van der Waals surface area (Å²) in [5.41, 5.74) is 2.03. The van der Waals surface area contributed by atoms with Gasteiger partial charge in [0.25, 0.3) is 0 Å². The largest absolute Gasteiger partial charge is 0.335 e. The Morgan fingerprint density at radius 2 is 1.91 bits per heavy atom. The van der Waals surface area contributed by atoms with Gasteiger partial charge < -0.3 is 4.90 Å². The number of tetrazole rings is 1. The highest BCUT2D eigenvalue weighted by molar-refractivity contribution is 7.99. The van der Waals surface area contributed by atoms with Crippen LogP contribution in [0.5, 0.6) is 0 Å². The van der Waals surface area contributed by atoms with E-state index in [1.165, 1.54) is 11.8 Å². The summed E-state index contributed by atoms with van der Waals surface area (Å²) in [5, 5.41) is 12.3. The summed E-state index contributed by atoms with van der Waals surface area (Å²) in [6, 6.07) is 7.87. The molecule has 2 aromatic rings. The van der Waals surface area contributed by atoms with Gasteiger partial charge in [0.05, 0.1) is 11.4 Å². The van der Waals surface area contributed by atoms with Gasteiger partial charge in [-0.25, -0.2) is 0 Å². The molecule has 0 aliphatic rings. The van der Waals surface area contributed by atoms with Crippen molar-refractivity contribution in [3.05, 3.63) is 55.1 Å². The first-order valence-corrected chi connectivity index (χ1v) is 8.12. The van der Waals surface area contributed by atoms with Crippen molar-refractivity contribution in [1.82, 2.24) is 25.1 Å². The van der Waals surface area contributed by atoms with Gasteiger partial charge in [0.2, 0.25) is 11.1 Å². The Morgan fingerprint density at radius 1 is 1.26 bits per heavy atom. The second-order valence-electron chi connectivity index (χ2n) is 4.87. The van der Waals surface area contributed by atoms with Gasteiger partial charge in [0, 0.05) is 13.1 Å². The third-order valence-corrected chi connectivity index (χ3v) is 4.00. The Labute approximate surface area is 139 Å². The smallest absolute Gasteiger partial charge is 0.233 e. The van der Waals surface area contributed by atoms with E-state index in [1.807, 2.05) is 31.2 Å². The number of hydrogen-bond donors (Lipinski definition) is 0. The maximum Gasteiger partial charge on any atom is 0.233 e. The first-order chi connectivity index (χ1) is 11.2. The van der Waals surface area contributed by atoms with Crippen molar-refractivity contribution in [3.8, 4) is 5.69 Å². The molecule has 0 spiro atoms. The molecule has 120 valence electrons. The van der Waals surface area contributed by atoms with E-state index < -0.39 is 0 Å². The standard InChI is InChI=1S/C16H19N5OS/c1-4-10-20(11-5-2)15(22)12-23-16-17-18-19-21(16)14-8-6-13(3)7-9-14/h4-9H,1-2,10-12H2,3H3. The molecule has 0 saturated heterocycles. The normalized spacial score (nSPS) is 10.3.